The van der Waals surface area contributed by atoms with E-state index in [1.165, 1.54) is 12.1 Å². The van der Waals surface area contributed by atoms with Gasteiger partial charge in [-0.1, -0.05) is 0 Å². The maximum atomic E-state index is 13.8. The minimum absolute atomic E-state index is 0.0648. The predicted octanol–water partition coefficient (Wildman–Crippen LogP) is 3.44. The quantitative estimate of drug-likeness (QED) is 0.935. The zero-order chi connectivity index (χ0) is 15.5. The van der Waals surface area contributed by atoms with Crippen molar-refractivity contribution < 1.29 is 4.39 Å². The van der Waals surface area contributed by atoms with Crippen molar-refractivity contribution in [3.8, 4) is 6.07 Å². The van der Waals surface area contributed by atoms with Gasteiger partial charge in [0.25, 0.3) is 0 Å². The van der Waals surface area contributed by atoms with Crippen molar-refractivity contribution in [2.45, 2.75) is 39.4 Å². The Hall–Kier alpha value is -2.12. The topological polar surface area (TPSA) is 40.8 Å². The van der Waals surface area contributed by atoms with Gasteiger partial charge in [0.15, 0.2) is 0 Å². The smallest absolute Gasteiger partial charge is 0.128 e. The fraction of sp³-hybridized carbons (Fsp3) is 0.353. The van der Waals surface area contributed by atoms with Crippen molar-refractivity contribution in [3.63, 3.8) is 0 Å². The van der Waals surface area contributed by atoms with Crippen molar-refractivity contribution in [2.24, 2.45) is 0 Å². The SMILES string of the molecule is CC(C)(C)NCc1ccn(Cc2cc(C#N)ccc2F)c1. The first kappa shape index (κ1) is 15.3. The lowest BCUT2D eigenvalue weighted by Gasteiger charge is -2.19. The van der Waals surface area contributed by atoms with E-state index in [2.05, 4.69) is 26.1 Å². The summed E-state index contributed by atoms with van der Waals surface area (Å²) in [5.74, 6) is -0.280. The van der Waals surface area contributed by atoms with Gasteiger partial charge in [-0.2, -0.15) is 5.26 Å². The highest BCUT2D eigenvalue weighted by Crippen LogP contribution is 2.13. The van der Waals surface area contributed by atoms with E-state index in [-0.39, 0.29) is 11.4 Å². The van der Waals surface area contributed by atoms with Crippen molar-refractivity contribution in [1.82, 2.24) is 9.88 Å². The summed E-state index contributed by atoms with van der Waals surface area (Å²) in [6.07, 6.45) is 3.93. The van der Waals surface area contributed by atoms with Crippen LogP contribution in [0.2, 0.25) is 0 Å². The zero-order valence-corrected chi connectivity index (χ0v) is 12.7. The summed E-state index contributed by atoms with van der Waals surface area (Å²) in [7, 11) is 0. The Balaban J connectivity index is 2.08. The van der Waals surface area contributed by atoms with Crippen molar-refractivity contribution in [3.05, 3.63) is 59.2 Å². The van der Waals surface area contributed by atoms with Crippen LogP contribution in [0, 0.1) is 17.1 Å². The third-order valence-electron chi connectivity index (χ3n) is 3.16. The number of nitriles is 1. The Morgan fingerprint density at radius 2 is 2.05 bits per heavy atom. The first-order chi connectivity index (χ1) is 9.87. The highest BCUT2D eigenvalue weighted by atomic mass is 19.1. The average molecular weight is 285 g/mol. The van der Waals surface area contributed by atoms with E-state index in [0.29, 0.717) is 17.7 Å². The molecule has 0 bridgehead atoms. The number of hydrogen-bond donors (Lipinski definition) is 1. The molecule has 0 aliphatic carbocycles. The van der Waals surface area contributed by atoms with Crippen LogP contribution in [-0.2, 0) is 13.1 Å². The molecule has 1 N–H and O–H groups in total. The number of nitrogens with one attached hydrogen (secondary N) is 1. The van der Waals surface area contributed by atoms with Crippen LogP contribution in [0.3, 0.4) is 0 Å². The molecular weight excluding hydrogens is 265 g/mol. The summed E-state index contributed by atoms with van der Waals surface area (Å²) in [5, 5.41) is 12.3. The summed E-state index contributed by atoms with van der Waals surface area (Å²) in [6.45, 7) is 7.56. The second-order valence-corrected chi connectivity index (χ2v) is 6.21. The van der Waals surface area contributed by atoms with Crippen molar-refractivity contribution >= 4 is 0 Å². The predicted molar refractivity (Wildman–Crippen MR) is 81.2 cm³/mol. The lowest BCUT2D eigenvalue weighted by Crippen LogP contribution is -2.34. The molecular formula is C17H20FN3. The number of hydrogen-bond acceptors (Lipinski definition) is 2. The maximum absolute atomic E-state index is 13.8. The van der Waals surface area contributed by atoms with Crippen LogP contribution in [0.15, 0.2) is 36.7 Å². The molecule has 0 atom stereocenters. The van der Waals surface area contributed by atoms with Crippen molar-refractivity contribution in [1.29, 1.82) is 5.26 Å². The van der Waals surface area contributed by atoms with Gasteiger partial charge in [0, 0.05) is 36.6 Å². The Labute approximate surface area is 125 Å². The molecule has 0 aliphatic heterocycles. The lowest BCUT2D eigenvalue weighted by atomic mass is 10.1. The minimum Gasteiger partial charge on any atom is -0.349 e. The monoisotopic (exact) mass is 285 g/mol. The summed E-state index contributed by atoms with van der Waals surface area (Å²) in [6, 6.07) is 8.49. The van der Waals surface area contributed by atoms with Gasteiger partial charge in [0.2, 0.25) is 0 Å². The summed E-state index contributed by atoms with van der Waals surface area (Å²) < 4.78 is 15.7. The molecule has 0 spiro atoms. The van der Waals surface area contributed by atoms with E-state index in [1.54, 1.807) is 6.07 Å². The zero-order valence-electron chi connectivity index (χ0n) is 12.7. The number of aromatic nitrogens is 1. The molecule has 2 aromatic rings. The minimum atomic E-state index is -0.280. The molecule has 2 rings (SSSR count). The van der Waals surface area contributed by atoms with Gasteiger partial charge in [-0.25, -0.2) is 4.39 Å². The molecule has 0 saturated carbocycles. The summed E-state index contributed by atoms with van der Waals surface area (Å²) in [4.78, 5) is 0. The molecule has 4 heteroatoms. The molecule has 110 valence electrons. The largest absolute Gasteiger partial charge is 0.349 e. The number of nitrogens with zero attached hydrogens (tertiary/aromatic N) is 2. The van der Waals surface area contributed by atoms with Crippen molar-refractivity contribution in [2.75, 3.05) is 0 Å². The molecule has 0 radical (unpaired) electrons. The normalized spacial score (nSPS) is 11.4. The Morgan fingerprint density at radius 1 is 1.29 bits per heavy atom. The van der Waals surface area contributed by atoms with Gasteiger partial charge in [0.05, 0.1) is 11.6 Å². The first-order valence-electron chi connectivity index (χ1n) is 6.95. The van der Waals surface area contributed by atoms with E-state index in [4.69, 9.17) is 5.26 Å². The van der Waals surface area contributed by atoms with Gasteiger partial charge in [0.1, 0.15) is 5.82 Å². The molecule has 21 heavy (non-hydrogen) atoms. The molecule has 0 amide bonds. The van der Waals surface area contributed by atoms with E-state index in [0.717, 1.165) is 12.1 Å². The lowest BCUT2D eigenvalue weighted by molar-refractivity contribution is 0.424. The number of benzene rings is 1. The first-order valence-corrected chi connectivity index (χ1v) is 6.95. The van der Waals surface area contributed by atoms with E-state index in [1.807, 2.05) is 29.1 Å². The van der Waals surface area contributed by atoms with Crippen LogP contribution in [0.4, 0.5) is 4.39 Å². The molecule has 1 heterocycles. The van der Waals surface area contributed by atoms with Gasteiger partial charge in [-0.05, 0) is 50.6 Å². The van der Waals surface area contributed by atoms with E-state index < -0.39 is 0 Å². The highest BCUT2D eigenvalue weighted by Gasteiger charge is 2.09. The fourth-order valence-electron chi connectivity index (χ4n) is 2.02. The van der Waals surface area contributed by atoms with Gasteiger partial charge in [-0.15, -0.1) is 0 Å². The van der Waals surface area contributed by atoms with E-state index >= 15 is 0 Å². The van der Waals surface area contributed by atoms with Gasteiger partial charge in [-0.3, -0.25) is 0 Å². The van der Waals surface area contributed by atoms with E-state index in [9.17, 15) is 4.39 Å². The van der Waals surface area contributed by atoms with Crippen LogP contribution in [-0.4, -0.2) is 10.1 Å². The average Bonchev–Trinajstić information content (AvgIpc) is 2.86. The van der Waals surface area contributed by atoms with Crippen LogP contribution in [0.1, 0.15) is 37.5 Å². The molecule has 0 unspecified atom stereocenters. The summed E-state index contributed by atoms with van der Waals surface area (Å²) >= 11 is 0. The Bertz CT molecular complexity index is 659. The number of rotatable bonds is 4. The van der Waals surface area contributed by atoms with Gasteiger partial charge >= 0.3 is 0 Å². The molecule has 1 aromatic heterocycles. The summed E-state index contributed by atoms with van der Waals surface area (Å²) in [5.41, 5.74) is 2.23. The van der Waals surface area contributed by atoms with Crippen LogP contribution < -0.4 is 5.32 Å². The fourth-order valence-corrected chi connectivity index (χ4v) is 2.02. The third kappa shape index (κ3) is 4.44. The Kier molecular flexibility index (Phi) is 4.44. The number of halogens is 1. The molecule has 0 saturated heterocycles. The van der Waals surface area contributed by atoms with Crippen LogP contribution >= 0.6 is 0 Å². The third-order valence-corrected chi connectivity index (χ3v) is 3.16. The molecule has 1 aromatic carbocycles. The molecule has 0 aliphatic rings. The Morgan fingerprint density at radius 3 is 2.71 bits per heavy atom. The standard InChI is InChI=1S/C17H20FN3/c1-17(2,3)20-10-14-6-7-21(11-14)12-15-8-13(9-19)4-5-16(15)18/h4-8,11,20H,10,12H2,1-3H3. The highest BCUT2D eigenvalue weighted by molar-refractivity contribution is 5.34. The maximum Gasteiger partial charge on any atom is 0.128 e. The van der Waals surface area contributed by atoms with Gasteiger partial charge < -0.3 is 9.88 Å². The van der Waals surface area contributed by atoms with Crippen LogP contribution in [0.5, 0.6) is 0 Å². The molecule has 3 nitrogen and oxygen atoms in total. The second kappa shape index (κ2) is 6.11. The molecule has 0 fully saturated rings. The van der Waals surface area contributed by atoms with Crippen LogP contribution in [0.25, 0.3) is 0 Å². The second-order valence-electron chi connectivity index (χ2n) is 6.21.